The van der Waals surface area contributed by atoms with Crippen LogP contribution in [0.2, 0.25) is 0 Å². The van der Waals surface area contributed by atoms with Crippen molar-refractivity contribution in [3.63, 3.8) is 0 Å². The van der Waals surface area contributed by atoms with Crippen LogP contribution in [0.15, 0.2) is 4.99 Å². The monoisotopic (exact) mass is 761 g/mol. The largest absolute Gasteiger partial charge is 0.295 e. The first kappa shape index (κ1) is 21.8. The summed E-state index contributed by atoms with van der Waals surface area (Å²) in [6, 6.07) is 0. The lowest BCUT2D eigenvalue weighted by Gasteiger charge is -2.48. The fourth-order valence-corrected chi connectivity index (χ4v) is 24.3. The van der Waals surface area contributed by atoms with Gasteiger partial charge in [0.05, 0.1) is 17.4 Å². The van der Waals surface area contributed by atoms with E-state index >= 15 is 0 Å². The van der Waals surface area contributed by atoms with Gasteiger partial charge in [0, 0.05) is 6.21 Å². The van der Waals surface area contributed by atoms with E-state index in [1.165, 1.54) is 0 Å². The van der Waals surface area contributed by atoms with Crippen LogP contribution >= 0.6 is 0 Å². The van der Waals surface area contributed by atoms with Crippen molar-refractivity contribution in [1.82, 2.24) is 0 Å². The first-order valence-corrected chi connectivity index (χ1v) is 23.7. The Kier molecular flexibility index (Phi) is 1.61. The zero-order valence-electron chi connectivity index (χ0n) is 31.7. The summed E-state index contributed by atoms with van der Waals surface area (Å²) in [5.41, 5.74) is 6.36. The van der Waals surface area contributed by atoms with Crippen LogP contribution in [0, 0.1) is 0 Å². The van der Waals surface area contributed by atoms with E-state index in [-0.39, 0.29) is 10.8 Å². The summed E-state index contributed by atoms with van der Waals surface area (Å²) in [6.45, 7) is 0.878. The molecule has 1 heterocycles. The number of hydrogen-bond donors (Lipinski definition) is 0. The van der Waals surface area contributed by atoms with E-state index in [0.29, 0.717) is 0 Å². The molecule has 0 aromatic heterocycles. The zero-order valence-corrected chi connectivity index (χ0v) is 31.7. The highest BCUT2D eigenvalue weighted by molar-refractivity contribution is 6.82. The van der Waals surface area contributed by atoms with E-state index in [4.69, 9.17) is 4.99 Å². The molecule has 2 spiro atoms. The van der Waals surface area contributed by atoms with Crippen LogP contribution in [-0.4, -0.2) is 12.8 Å². The minimum atomic E-state index is -0.293. The topological polar surface area (TPSA) is 12.4 Å². The van der Waals surface area contributed by atoms with Gasteiger partial charge in [-0.25, -0.2) is 0 Å². The number of benzene rings is 18. The first-order chi connectivity index (χ1) is 31.4. The van der Waals surface area contributed by atoms with Gasteiger partial charge in [-0.05, 0) is 313 Å². The van der Waals surface area contributed by atoms with Crippen molar-refractivity contribution < 1.29 is 0 Å². The molecule has 0 saturated heterocycles. The number of rotatable bonds is 0. The summed E-state index contributed by atoms with van der Waals surface area (Å²) < 4.78 is 0. The number of nitrogens with zero attached hydrogens (tertiary/aromatic N) is 1. The Morgan fingerprint density at radius 2 is 0.333 bits per heavy atom. The first-order valence-electron chi connectivity index (χ1n) is 23.7. The van der Waals surface area contributed by atoms with Gasteiger partial charge >= 0.3 is 0 Å². The molecule has 63 heavy (non-hydrogen) atoms. The van der Waals surface area contributed by atoms with Crippen molar-refractivity contribution >= 4 is 297 Å². The van der Waals surface area contributed by atoms with E-state index in [0.717, 1.165) is 6.54 Å². The standard InChI is InChI=1S/C62H3N/c1-61-57-49-41-31-21-13-5-3-4-7-11-9(5)17-25-19(11)29-23-15(7)16-8(4)12-10-6(3)14(13)22-28-18(10)26-20(12)30-24(16)34-33(23)43-37(29)47-39(25)45(35(41)27(17)21)53(57)55(47)59-51(43)52-44(34)38(30)48-40(26)46-36(28)42(32(22)31)50(49)58(61)54(46)56(48)60(52)62(59,61)2-63-1/h1H,2H2. The van der Waals surface area contributed by atoms with Crippen molar-refractivity contribution in [2.75, 3.05) is 6.54 Å². The second-order valence-corrected chi connectivity index (χ2v) is 23.9. The van der Waals surface area contributed by atoms with Gasteiger partial charge in [0.1, 0.15) is 0 Å². The van der Waals surface area contributed by atoms with Crippen LogP contribution in [-0.2, 0) is 10.8 Å². The molecule has 0 atom stereocenters. The molecule has 1 aliphatic heterocycles. The lowest BCUT2D eigenvalue weighted by atomic mass is 9.50. The summed E-state index contributed by atoms with van der Waals surface area (Å²) in [4.78, 5) is 5.81. The molecule has 1 nitrogen and oxygen atoms in total. The Morgan fingerprint density at radius 1 is 0.190 bits per heavy atom. The summed E-state index contributed by atoms with van der Waals surface area (Å²) in [6.07, 6.45) is 2.64. The maximum atomic E-state index is 5.81. The zero-order chi connectivity index (χ0) is 36.6. The Bertz CT molecular complexity index is 6790. The SMILES string of the molecule is C1=NCC23c4c5c6c7c8c9c(c%10c%11c2c2c4c4c%12c5c5c6c6c8c8c%13c9c9c%10c%10c%11c%11c2c2c4c4c%12c%12c5c5c6c8c6c8c%13c9c9c%10c%10c%11c2c2c4c4c%12c5c6c5c8c9c%10c2c45)C173. The van der Waals surface area contributed by atoms with Crippen molar-refractivity contribution in [1.29, 1.82) is 0 Å². The molecular weight excluding hydrogens is 759 g/mol. The fourth-order valence-electron chi connectivity index (χ4n) is 24.3. The third-order valence-corrected chi connectivity index (χ3v) is 24.2. The minimum Gasteiger partial charge on any atom is -0.295 e. The summed E-state index contributed by atoms with van der Waals surface area (Å²) in [7, 11) is 0. The van der Waals surface area contributed by atoms with Crippen LogP contribution < -0.4 is 0 Å². The Balaban J connectivity index is 1.31. The third kappa shape index (κ3) is 1.06. The molecule has 0 unspecified atom stereocenters. The highest BCUT2D eigenvalue weighted by Crippen LogP contribution is 2.84. The van der Waals surface area contributed by atoms with E-state index < -0.39 is 0 Å². The van der Waals surface area contributed by atoms with Gasteiger partial charge in [-0.15, -0.1) is 0 Å². The summed E-state index contributed by atoms with van der Waals surface area (Å²) in [5.74, 6) is 0. The summed E-state index contributed by atoms with van der Waals surface area (Å²) >= 11 is 0. The second kappa shape index (κ2) is 4.66. The lowest BCUT2D eigenvalue weighted by Crippen LogP contribution is -2.51. The van der Waals surface area contributed by atoms with Crippen LogP contribution in [0.3, 0.4) is 0 Å². The molecule has 0 saturated carbocycles. The van der Waals surface area contributed by atoms with E-state index in [2.05, 4.69) is 6.21 Å². The maximum absolute atomic E-state index is 5.81. The van der Waals surface area contributed by atoms with Crippen molar-refractivity contribution in [2.24, 2.45) is 4.99 Å². The molecule has 0 fully saturated rings. The maximum Gasteiger partial charge on any atom is 0.0730 e. The lowest BCUT2D eigenvalue weighted by molar-refractivity contribution is 0.459. The average molecular weight is 762 g/mol. The predicted octanol–water partition coefficient (Wildman–Crippen LogP) is 16.4. The molecular formula is C62H3N. The molecule has 4 aliphatic carbocycles. The molecule has 1 heteroatoms. The molecule has 28 aromatic carbocycles. The number of aliphatic imine (C=N–C) groups is 1. The van der Waals surface area contributed by atoms with E-state index in [1.807, 2.05) is 0 Å². The highest BCUT2D eigenvalue weighted by atomic mass is 14.9. The van der Waals surface area contributed by atoms with Gasteiger partial charge in [-0.2, -0.15) is 0 Å². The van der Waals surface area contributed by atoms with E-state index in [1.54, 1.807) is 313 Å². The van der Waals surface area contributed by atoms with Gasteiger partial charge < -0.3 is 0 Å². The normalized spacial score (nSPS) is 23.6. The third-order valence-electron chi connectivity index (χ3n) is 24.2. The van der Waals surface area contributed by atoms with Gasteiger partial charge in [0.2, 0.25) is 0 Å². The van der Waals surface area contributed by atoms with E-state index in [9.17, 15) is 0 Å². The van der Waals surface area contributed by atoms with Crippen LogP contribution in [0.5, 0.6) is 0 Å². The molecule has 28 aromatic rings. The fraction of sp³-hybridized carbons (Fsp3) is 0.0484. The Labute approximate surface area is 340 Å². The molecule has 5 aliphatic rings. The minimum absolute atomic E-state index is 0.224. The summed E-state index contributed by atoms with van der Waals surface area (Å²) in [5, 5.41) is 90.0. The van der Waals surface area contributed by atoms with Gasteiger partial charge in [0.25, 0.3) is 0 Å². The molecule has 0 bridgehead atoms. The van der Waals surface area contributed by atoms with Crippen molar-refractivity contribution in [3.05, 3.63) is 22.3 Å². The predicted molar refractivity (Wildman–Crippen MR) is 267 cm³/mol. The van der Waals surface area contributed by atoms with Gasteiger partial charge in [-0.1, -0.05) is 0 Å². The van der Waals surface area contributed by atoms with Crippen molar-refractivity contribution in [3.8, 4) is 0 Å². The van der Waals surface area contributed by atoms with Gasteiger partial charge in [-0.3, -0.25) is 4.99 Å². The van der Waals surface area contributed by atoms with Gasteiger partial charge in [0.15, 0.2) is 0 Å². The molecule has 0 amide bonds. The van der Waals surface area contributed by atoms with Crippen LogP contribution in [0.25, 0.3) is 291 Å². The smallest absolute Gasteiger partial charge is 0.0730 e. The highest BCUT2D eigenvalue weighted by Gasteiger charge is 2.70. The average Bonchev–Trinajstić information content (AvgIpc) is 4.12. The molecule has 0 N–H and O–H groups in total. The Hall–Kier alpha value is -7.87. The van der Waals surface area contributed by atoms with Crippen LogP contribution in [0.1, 0.15) is 22.3 Å². The Morgan fingerprint density at radius 3 is 0.508 bits per heavy atom. The number of hydrogen-bond acceptors (Lipinski definition) is 1. The molecule has 33 rings (SSSR count). The quantitative estimate of drug-likeness (QED) is 0.137. The second-order valence-electron chi connectivity index (χ2n) is 23.9. The molecule has 0 radical (unpaired) electrons. The molecule has 256 valence electrons. The van der Waals surface area contributed by atoms with Crippen molar-refractivity contribution in [2.45, 2.75) is 10.8 Å². The van der Waals surface area contributed by atoms with Crippen LogP contribution in [0.4, 0.5) is 0 Å².